The van der Waals surface area contributed by atoms with Crippen LogP contribution in [0.5, 0.6) is 11.5 Å². The zero-order chi connectivity index (χ0) is 23.4. The van der Waals surface area contributed by atoms with E-state index in [0.29, 0.717) is 34.7 Å². The fraction of sp³-hybridized carbons (Fsp3) is 0.0870. The molecule has 0 radical (unpaired) electrons. The van der Waals surface area contributed by atoms with Crippen molar-refractivity contribution >= 4 is 45.7 Å². The average Bonchev–Trinajstić information content (AvgIpc) is 2.78. The summed E-state index contributed by atoms with van der Waals surface area (Å²) in [7, 11) is 0. The topological polar surface area (TPSA) is 94.7 Å². The Hall–Kier alpha value is -3.98. The van der Waals surface area contributed by atoms with Crippen LogP contribution in [0.4, 0.5) is 26.0 Å². The molecule has 3 aromatic carbocycles. The molecule has 0 amide bonds. The molecule has 0 saturated carbocycles. The minimum atomic E-state index is -0.829. The van der Waals surface area contributed by atoms with E-state index in [1.165, 1.54) is 12.4 Å². The quantitative estimate of drug-likeness (QED) is 0.262. The number of nitrogens with zero attached hydrogens (tertiary/aromatic N) is 3. The second-order valence-electron chi connectivity index (χ2n) is 6.75. The van der Waals surface area contributed by atoms with Crippen molar-refractivity contribution in [3.05, 3.63) is 77.6 Å². The fourth-order valence-electron chi connectivity index (χ4n) is 3.00. The van der Waals surface area contributed by atoms with Gasteiger partial charge in [0.15, 0.2) is 11.6 Å². The van der Waals surface area contributed by atoms with Gasteiger partial charge in [0.05, 0.1) is 22.8 Å². The van der Waals surface area contributed by atoms with Gasteiger partial charge in [-0.1, -0.05) is 11.6 Å². The van der Waals surface area contributed by atoms with Crippen molar-refractivity contribution in [2.45, 2.75) is 6.92 Å². The third-order valence-electron chi connectivity index (χ3n) is 4.46. The van der Waals surface area contributed by atoms with E-state index in [4.69, 9.17) is 26.8 Å². The number of fused-ring (bicyclic) bond motifs is 1. The molecule has 0 aliphatic rings. The van der Waals surface area contributed by atoms with Gasteiger partial charge < -0.3 is 20.5 Å². The maximum absolute atomic E-state index is 13.9. The molecular weight excluding hydrogens is 452 g/mol. The molecule has 4 rings (SSSR count). The molecule has 0 atom stereocenters. The van der Waals surface area contributed by atoms with Crippen molar-refractivity contribution in [2.24, 2.45) is 10.7 Å². The van der Waals surface area contributed by atoms with Crippen molar-refractivity contribution < 1.29 is 18.3 Å². The van der Waals surface area contributed by atoms with Crippen LogP contribution in [0.2, 0.25) is 5.02 Å². The van der Waals surface area contributed by atoms with E-state index in [1.807, 2.05) is 6.92 Å². The number of nitrogens with two attached hydrogens (primary N) is 1. The number of anilines is 2. The van der Waals surface area contributed by atoms with Gasteiger partial charge in [-0.15, -0.1) is 0 Å². The summed E-state index contributed by atoms with van der Waals surface area (Å²) >= 11 is 6.32. The Morgan fingerprint density at radius 3 is 2.64 bits per heavy atom. The number of aliphatic imine (C=N–C) groups is 1. The summed E-state index contributed by atoms with van der Waals surface area (Å²) in [6.07, 6.45) is 1.43. The smallest absolute Gasteiger partial charge is 0.287 e. The lowest BCUT2D eigenvalue weighted by atomic mass is 10.2. The lowest BCUT2D eigenvalue weighted by molar-refractivity contribution is 0.322. The molecule has 0 unspecified atom stereocenters. The number of ether oxygens (including phenoxy) is 2. The Morgan fingerprint density at radius 1 is 1.06 bits per heavy atom. The summed E-state index contributed by atoms with van der Waals surface area (Å²) < 4.78 is 37.6. The van der Waals surface area contributed by atoms with E-state index in [1.54, 1.807) is 36.4 Å². The van der Waals surface area contributed by atoms with Crippen molar-refractivity contribution in [3.8, 4) is 11.5 Å². The number of hydrogen-bond acceptors (Lipinski definition) is 6. The van der Waals surface area contributed by atoms with Crippen LogP contribution in [0.1, 0.15) is 6.92 Å². The highest BCUT2D eigenvalue weighted by molar-refractivity contribution is 6.32. The number of rotatable bonds is 6. The summed E-state index contributed by atoms with van der Waals surface area (Å²) in [4.78, 5) is 12.8. The Balaban J connectivity index is 1.60. The molecule has 0 aliphatic carbocycles. The zero-order valence-electron chi connectivity index (χ0n) is 17.3. The molecule has 0 aliphatic heterocycles. The van der Waals surface area contributed by atoms with Crippen molar-refractivity contribution in [3.63, 3.8) is 0 Å². The van der Waals surface area contributed by atoms with Crippen LogP contribution in [-0.2, 0) is 4.74 Å². The minimum Gasteiger partial charge on any atom is -0.465 e. The molecule has 0 bridgehead atoms. The zero-order valence-corrected chi connectivity index (χ0v) is 18.1. The normalized spacial score (nSPS) is 11.5. The molecule has 168 valence electrons. The summed E-state index contributed by atoms with van der Waals surface area (Å²) in [6.45, 7) is 2.23. The summed E-state index contributed by atoms with van der Waals surface area (Å²) in [5.74, 6) is -0.939. The summed E-state index contributed by atoms with van der Waals surface area (Å²) in [5, 5.41) is 4.10. The Bertz CT molecular complexity index is 1350. The number of nitrogens with one attached hydrogen (secondary N) is 1. The van der Waals surface area contributed by atoms with Gasteiger partial charge in [-0.2, -0.15) is 4.99 Å². The second kappa shape index (κ2) is 9.66. The standard InChI is InChI=1S/C23H18ClF2N5O2/c1-2-32-23(27)31-14-4-6-19-16(10-14)22(29-12-28-19)30-15-5-8-20(17(24)11-15)33-21-7-3-13(25)9-18(21)26/h3-12H,2H2,1H3,(H2,27,31)(H,28,29,30). The molecular formula is C23H18ClF2N5O2. The third-order valence-corrected chi connectivity index (χ3v) is 4.75. The Morgan fingerprint density at radius 2 is 1.88 bits per heavy atom. The van der Waals surface area contributed by atoms with Crippen molar-refractivity contribution in [2.75, 3.05) is 11.9 Å². The predicted octanol–water partition coefficient (Wildman–Crippen LogP) is 6.08. The number of halogens is 3. The van der Waals surface area contributed by atoms with Gasteiger partial charge in [-0.3, -0.25) is 0 Å². The first-order chi connectivity index (χ1) is 15.9. The van der Waals surface area contributed by atoms with Crippen LogP contribution in [0.3, 0.4) is 0 Å². The monoisotopic (exact) mass is 469 g/mol. The lowest BCUT2D eigenvalue weighted by Gasteiger charge is -2.12. The van der Waals surface area contributed by atoms with Crippen molar-refractivity contribution in [1.82, 2.24) is 9.97 Å². The van der Waals surface area contributed by atoms with Gasteiger partial charge in [-0.25, -0.2) is 18.7 Å². The minimum absolute atomic E-state index is 0.0585. The maximum atomic E-state index is 13.9. The Kier molecular flexibility index (Phi) is 6.50. The van der Waals surface area contributed by atoms with Crippen LogP contribution in [0.25, 0.3) is 10.9 Å². The molecule has 4 aromatic rings. The van der Waals surface area contributed by atoms with Gasteiger partial charge in [0.25, 0.3) is 6.02 Å². The van der Waals surface area contributed by atoms with Gasteiger partial charge in [0.1, 0.15) is 23.7 Å². The summed E-state index contributed by atoms with van der Waals surface area (Å²) in [5.41, 5.74) is 7.62. The van der Waals surface area contributed by atoms with E-state index < -0.39 is 11.6 Å². The van der Waals surface area contributed by atoms with E-state index in [9.17, 15) is 8.78 Å². The van der Waals surface area contributed by atoms with Gasteiger partial charge in [-0.05, 0) is 55.5 Å². The SMILES string of the molecule is CCOC(N)=Nc1ccc2ncnc(Nc3ccc(Oc4ccc(F)cc4F)c(Cl)c3)c2c1. The van der Waals surface area contributed by atoms with Gasteiger partial charge in [0, 0.05) is 17.1 Å². The van der Waals surface area contributed by atoms with Crippen molar-refractivity contribution in [1.29, 1.82) is 0 Å². The van der Waals surface area contributed by atoms with Gasteiger partial charge in [0.2, 0.25) is 0 Å². The molecule has 0 saturated heterocycles. The van der Waals surface area contributed by atoms with Crippen LogP contribution in [-0.4, -0.2) is 22.6 Å². The maximum Gasteiger partial charge on any atom is 0.287 e. The molecule has 0 spiro atoms. The number of hydrogen-bond donors (Lipinski definition) is 2. The van der Waals surface area contributed by atoms with Crippen LogP contribution >= 0.6 is 11.6 Å². The van der Waals surface area contributed by atoms with Crippen LogP contribution in [0.15, 0.2) is 65.9 Å². The van der Waals surface area contributed by atoms with E-state index in [-0.39, 0.29) is 22.5 Å². The average molecular weight is 470 g/mol. The Labute approximate surface area is 192 Å². The van der Waals surface area contributed by atoms with E-state index >= 15 is 0 Å². The number of aromatic nitrogens is 2. The van der Waals surface area contributed by atoms with E-state index in [2.05, 4.69) is 20.3 Å². The number of benzene rings is 3. The predicted molar refractivity (Wildman–Crippen MR) is 124 cm³/mol. The molecule has 0 fully saturated rings. The van der Waals surface area contributed by atoms with E-state index in [0.717, 1.165) is 12.1 Å². The van der Waals surface area contributed by atoms with Gasteiger partial charge >= 0.3 is 0 Å². The lowest BCUT2D eigenvalue weighted by Crippen LogP contribution is -2.15. The molecule has 10 heteroatoms. The second-order valence-corrected chi connectivity index (χ2v) is 7.16. The first kappa shape index (κ1) is 22.2. The highest BCUT2D eigenvalue weighted by Crippen LogP contribution is 2.34. The molecule has 1 heterocycles. The van der Waals surface area contributed by atoms with Crippen LogP contribution < -0.4 is 15.8 Å². The highest BCUT2D eigenvalue weighted by atomic mass is 35.5. The first-order valence-corrected chi connectivity index (χ1v) is 10.2. The molecule has 7 nitrogen and oxygen atoms in total. The fourth-order valence-corrected chi connectivity index (χ4v) is 3.21. The molecule has 1 aromatic heterocycles. The highest BCUT2D eigenvalue weighted by Gasteiger charge is 2.11. The number of amidine groups is 1. The summed E-state index contributed by atoms with van der Waals surface area (Å²) in [6, 6.07) is 13.3. The molecule has 3 N–H and O–H groups in total. The van der Waals surface area contributed by atoms with Crippen LogP contribution in [0, 0.1) is 11.6 Å². The third kappa shape index (κ3) is 5.27. The first-order valence-electron chi connectivity index (χ1n) is 9.84. The largest absolute Gasteiger partial charge is 0.465 e. The molecule has 33 heavy (non-hydrogen) atoms.